The van der Waals surface area contributed by atoms with Gasteiger partial charge in [0.1, 0.15) is 0 Å². The Morgan fingerprint density at radius 2 is 2.00 bits per heavy atom. The third-order valence-electron chi connectivity index (χ3n) is 4.06. The molecule has 0 aliphatic carbocycles. The van der Waals surface area contributed by atoms with Crippen molar-refractivity contribution in [2.75, 3.05) is 13.2 Å². The average Bonchev–Trinajstić information content (AvgIpc) is 2.43. The molecule has 0 aromatic rings. The summed E-state index contributed by atoms with van der Waals surface area (Å²) in [5, 5.41) is 0.232. The number of esters is 1. The Morgan fingerprint density at radius 3 is 2.57 bits per heavy atom. The molecule has 0 aromatic carbocycles. The summed E-state index contributed by atoms with van der Waals surface area (Å²) < 4.78 is 10.9. The van der Waals surface area contributed by atoms with E-state index in [-0.39, 0.29) is 17.0 Å². The molecule has 0 saturated heterocycles. The van der Waals surface area contributed by atoms with E-state index in [2.05, 4.69) is 50.7 Å². The molecule has 1 atom stereocenters. The van der Waals surface area contributed by atoms with Gasteiger partial charge in [0.05, 0.1) is 12.8 Å². The zero-order chi connectivity index (χ0) is 17.9. The van der Waals surface area contributed by atoms with Gasteiger partial charge < -0.3 is 9.16 Å². The molecule has 0 amide bonds. The number of aliphatic imine (C=N–C) groups is 1. The summed E-state index contributed by atoms with van der Waals surface area (Å²) in [5.74, 6) is 5.82. The predicted molar refractivity (Wildman–Crippen MR) is 99.4 cm³/mol. The van der Waals surface area contributed by atoms with Crippen molar-refractivity contribution in [1.82, 2.24) is 0 Å². The summed E-state index contributed by atoms with van der Waals surface area (Å²) in [6, 6.07) is 0.0807. The van der Waals surface area contributed by atoms with Crippen LogP contribution in [0.2, 0.25) is 18.1 Å². The van der Waals surface area contributed by atoms with Gasteiger partial charge >= 0.3 is 5.97 Å². The van der Waals surface area contributed by atoms with Gasteiger partial charge in [-0.25, -0.2) is 0 Å². The van der Waals surface area contributed by atoms with Gasteiger partial charge in [-0.1, -0.05) is 32.6 Å². The van der Waals surface area contributed by atoms with Crippen molar-refractivity contribution in [1.29, 1.82) is 0 Å². The van der Waals surface area contributed by atoms with E-state index in [1.54, 1.807) is 6.21 Å². The van der Waals surface area contributed by atoms with Gasteiger partial charge in [-0.05, 0) is 38.4 Å². The van der Waals surface area contributed by atoms with E-state index in [1.165, 1.54) is 0 Å². The average molecular weight is 340 g/mol. The van der Waals surface area contributed by atoms with Gasteiger partial charge in [0, 0.05) is 25.5 Å². The molecule has 5 heteroatoms. The van der Waals surface area contributed by atoms with Crippen molar-refractivity contribution in [3.63, 3.8) is 0 Å². The molecule has 0 aromatic heterocycles. The van der Waals surface area contributed by atoms with Crippen LogP contribution in [0.25, 0.3) is 0 Å². The van der Waals surface area contributed by atoms with Crippen LogP contribution >= 0.6 is 0 Å². The Bertz CT molecular complexity index is 441. The van der Waals surface area contributed by atoms with E-state index >= 15 is 0 Å². The summed E-state index contributed by atoms with van der Waals surface area (Å²) in [5.41, 5.74) is 0. The molecule has 0 fully saturated rings. The highest BCUT2D eigenvalue weighted by Gasteiger charge is 2.36. The molecule has 0 spiro atoms. The quantitative estimate of drug-likeness (QED) is 0.219. The lowest BCUT2D eigenvalue weighted by Crippen LogP contribution is -2.40. The van der Waals surface area contributed by atoms with Crippen LogP contribution in [0.15, 0.2) is 4.99 Å². The molecule has 0 aliphatic heterocycles. The van der Waals surface area contributed by atoms with E-state index in [1.807, 2.05) is 13.8 Å². The van der Waals surface area contributed by atoms with E-state index in [9.17, 15) is 4.79 Å². The lowest BCUT2D eigenvalue weighted by Gasteiger charge is -2.35. The van der Waals surface area contributed by atoms with Gasteiger partial charge in [-0.2, -0.15) is 0 Å². The summed E-state index contributed by atoms with van der Waals surface area (Å²) in [6.07, 6.45) is 3.43. The maximum absolute atomic E-state index is 11.2. The minimum Gasteiger partial charge on any atom is -0.466 e. The van der Waals surface area contributed by atoms with E-state index in [0.717, 1.165) is 6.42 Å². The van der Waals surface area contributed by atoms with Crippen molar-refractivity contribution in [2.24, 2.45) is 4.99 Å². The maximum atomic E-state index is 11.2. The molecule has 4 nitrogen and oxygen atoms in total. The monoisotopic (exact) mass is 339 g/mol. The third kappa shape index (κ3) is 10.3. The van der Waals surface area contributed by atoms with Crippen LogP contribution in [-0.4, -0.2) is 39.8 Å². The summed E-state index contributed by atoms with van der Waals surface area (Å²) in [4.78, 5) is 15.5. The Labute approximate surface area is 143 Å². The number of hydrogen-bond acceptors (Lipinski definition) is 4. The minimum atomic E-state index is -1.66. The molecule has 23 heavy (non-hydrogen) atoms. The smallest absolute Gasteiger partial charge is 0.305 e. The first-order valence-electron chi connectivity index (χ1n) is 8.39. The first-order valence-corrected chi connectivity index (χ1v) is 11.3. The molecular weight excluding hydrogens is 306 g/mol. The van der Waals surface area contributed by atoms with Gasteiger partial charge in [0.2, 0.25) is 0 Å². The minimum absolute atomic E-state index is 0.0807. The Balaban J connectivity index is 3.98. The SMILES string of the molecule is CCOC(=O)CCC(C)N=CC#CCCO[Si](C)(C)C(C)(C)C. The molecular formula is C18H33NO3Si. The van der Waals surface area contributed by atoms with Gasteiger partial charge in [0.15, 0.2) is 8.32 Å². The predicted octanol–water partition coefficient (Wildman–Crippen LogP) is 4.20. The summed E-state index contributed by atoms with van der Waals surface area (Å²) in [7, 11) is -1.66. The number of ether oxygens (including phenoxy) is 1. The molecule has 132 valence electrons. The highest BCUT2D eigenvalue weighted by Crippen LogP contribution is 2.36. The van der Waals surface area contributed by atoms with Gasteiger partial charge in [-0.15, -0.1) is 0 Å². The van der Waals surface area contributed by atoms with Crippen LogP contribution in [0, 0.1) is 11.8 Å². The van der Waals surface area contributed by atoms with Crippen LogP contribution < -0.4 is 0 Å². The molecule has 1 unspecified atom stereocenters. The first kappa shape index (κ1) is 21.9. The fourth-order valence-corrected chi connectivity index (χ4v) is 2.54. The first-order chi connectivity index (χ1) is 10.6. The highest BCUT2D eigenvalue weighted by molar-refractivity contribution is 6.74. The van der Waals surface area contributed by atoms with Crippen molar-refractivity contribution in [3.8, 4) is 11.8 Å². The topological polar surface area (TPSA) is 47.9 Å². The van der Waals surface area contributed by atoms with Gasteiger partial charge in [-0.3, -0.25) is 9.79 Å². The second-order valence-corrected chi connectivity index (χ2v) is 12.0. The largest absolute Gasteiger partial charge is 0.466 e. The molecule has 0 heterocycles. The standard InChI is InChI=1S/C18H33NO3Si/c1-8-21-17(20)13-12-16(2)19-14-10-9-11-15-22-23(6,7)18(3,4)5/h14,16H,8,11-13,15H2,1-7H3. The van der Waals surface area contributed by atoms with Crippen LogP contribution in [0.5, 0.6) is 0 Å². The highest BCUT2D eigenvalue weighted by atomic mass is 28.4. The Kier molecular flexibility index (Phi) is 10.1. The number of carbonyl (C=O) groups excluding carboxylic acids is 1. The van der Waals surface area contributed by atoms with Crippen molar-refractivity contribution >= 4 is 20.5 Å². The fourth-order valence-electron chi connectivity index (χ4n) is 1.49. The second-order valence-electron chi connectivity index (χ2n) is 7.15. The van der Waals surface area contributed by atoms with Crippen molar-refractivity contribution in [3.05, 3.63) is 0 Å². The molecule has 0 rings (SSSR count). The summed E-state index contributed by atoms with van der Waals surface area (Å²) >= 11 is 0. The van der Waals surface area contributed by atoms with Crippen LogP contribution in [0.4, 0.5) is 0 Å². The lowest BCUT2D eigenvalue weighted by atomic mass is 10.2. The molecule has 0 radical (unpaired) electrons. The van der Waals surface area contributed by atoms with Crippen molar-refractivity contribution < 1.29 is 14.0 Å². The second kappa shape index (κ2) is 10.6. The fraction of sp³-hybridized carbons (Fsp3) is 0.778. The van der Waals surface area contributed by atoms with Crippen molar-refractivity contribution in [2.45, 2.75) is 78.1 Å². The molecule has 0 N–H and O–H groups in total. The van der Waals surface area contributed by atoms with Crippen LogP contribution in [0.3, 0.4) is 0 Å². The Morgan fingerprint density at radius 1 is 1.35 bits per heavy atom. The van der Waals surface area contributed by atoms with E-state index in [0.29, 0.717) is 26.1 Å². The number of rotatable bonds is 8. The number of nitrogens with zero attached hydrogens (tertiary/aromatic N) is 1. The zero-order valence-electron chi connectivity index (χ0n) is 15.9. The van der Waals surface area contributed by atoms with E-state index in [4.69, 9.17) is 9.16 Å². The van der Waals surface area contributed by atoms with Crippen LogP contribution in [-0.2, 0) is 14.0 Å². The summed E-state index contributed by atoms with van der Waals surface area (Å²) in [6.45, 7) is 16.1. The van der Waals surface area contributed by atoms with E-state index < -0.39 is 8.32 Å². The third-order valence-corrected chi connectivity index (χ3v) is 8.60. The number of hydrogen-bond donors (Lipinski definition) is 0. The normalized spacial score (nSPS) is 13.5. The Hall–Kier alpha value is -1.12. The zero-order valence-corrected chi connectivity index (χ0v) is 16.9. The molecule has 0 bridgehead atoms. The molecule has 0 saturated carbocycles. The maximum Gasteiger partial charge on any atom is 0.305 e. The number of carbonyl (C=O) groups is 1. The molecule has 0 aliphatic rings. The van der Waals surface area contributed by atoms with Gasteiger partial charge in [0.25, 0.3) is 0 Å². The lowest BCUT2D eigenvalue weighted by molar-refractivity contribution is -0.143. The van der Waals surface area contributed by atoms with Crippen LogP contribution in [0.1, 0.15) is 53.9 Å².